The van der Waals surface area contributed by atoms with E-state index < -0.39 is 41.3 Å². The Morgan fingerprint density at radius 2 is 2.15 bits per heavy atom. The SMILES string of the molecule is C=C1C(=O)[C@]23[C@H](O)[C@H]1C[C@H](O)[C@H]2[C@]12CCCC(C)(C)[C@H]1C[C@H]3O[C@@H]2OCCCn1cc(CSC2=NCCS2)nn1. The van der Waals surface area contributed by atoms with E-state index in [1.807, 2.05) is 10.9 Å². The Labute approximate surface area is 243 Å². The molecule has 0 aromatic carbocycles. The lowest BCUT2D eigenvalue weighted by Crippen LogP contribution is -2.78. The lowest BCUT2D eigenvalue weighted by atomic mass is 9.37. The lowest BCUT2D eigenvalue weighted by molar-refractivity contribution is -0.402. The predicted octanol–water partition coefficient (Wildman–Crippen LogP) is 3.45. The van der Waals surface area contributed by atoms with Crippen molar-refractivity contribution >= 4 is 33.7 Å². The minimum Gasteiger partial charge on any atom is -0.393 e. The fourth-order valence-electron chi connectivity index (χ4n) is 9.54. The highest BCUT2D eigenvalue weighted by Gasteiger charge is 2.81. The van der Waals surface area contributed by atoms with Crippen molar-refractivity contribution in [2.24, 2.45) is 39.0 Å². The van der Waals surface area contributed by atoms with Gasteiger partial charge >= 0.3 is 0 Å². The summed E-state index contributed by atoms with van der Waals surface area (Å²) < 4.78 is 16.3. The third kappa shape index (κ3) is 3.83. The van der Waals surface area contributed by atoms with Gasteiger partial charge in [-0.1, -0.05) is 55.6 Å². The molecule has 0 unspecified atom stereocenters. The molecule has 4 bridgehead atoms. The van der Waals surface area contributed by atoms with Crippen LogP contribution in [0.1, 0.15) is 58.1 Å². The zero-order valence-electron chi connectivity index (χ0n) is 23.3. The Bertz CT molecular complexity index is 1240. The van der Waals surface area contributed by atoms with Crippen LogP contribution in [0.4, 0.5) is 0 Å². The van der Waals surface area contributed by atoms with Gasteiger partial charge in [-0.05, 0) is 49.0 Å². The van der Waals surface area contributed by atoms with Crippen LogP contribution in [0.3, 0.4) is 0 Å². The summed E-state index contributed by atoms with van der Waals surface area (Å²) in [7, 11) is 0. The van der Waals surface area contributed by atoms with Gasteiger partial charge in [-0.3, -0.25) is 14.5 Å². The van der Waals surface area contributed by atoms with Crippen LogP contribution in [0, 0.1) is 34.0 Å². The molecule has 9 nitrogen and oxygen atoms in total. The average Bonchev–Trinajstić information content (AvgIpc) is 3.64. The summed E-state index contributed by atoms with van der Waals surface area (Å²) in [5.41, 5.74) is -0.203. The largest absolute Gasteiger partial charge is 0.393 e. The lowest BCUT2D eigenvalue weighted by Gasteiger charge is -2.72. The average molecular weight is 589 g/mol. The molecule has 3 aliphatic heterocycles. The van der Waals surface area contributed by atoms with Crippen molar-refractivity contribution in [2.45, 2.75) is 89.3 Å². The molecular formula is C29H40N4O5S2. The summed E-state index contributed by atoms with van der Waals surface area (Å²) in [5, 5.41) is 31.9. The number of aromatic nitrogens is 3. The van der Waals surface area contributed by atoms with Gasteiger partial charge in [0.1, 0.15) is 4.38 Å². The second-order valence-electron chi connectivity index (χ2n) is 13.3. The first-order valence-corrected chi connectivity index (χ1v) is 16.7. The van der Waals surface area contributed by atoms with Gasteiger partial charge in [-0.2, -0.15) is 0 Å². The molecule has 9 atom stereocenters. The number of carbonyl (C=O) groups is 1. The number of aliphatic hydroxyl groups excluding tert-OH is 2. The first kappa shape index (κ1) is 27.6. The Kier molecular flexibility index (Phi) is 6.83. The molecule has 4 aliphatic carbocycles. The molecule has 1 aromatic heterocycles. The topological polar surface area (TPSA) is 119 Å². The van der Waals surface area contributed by atoms with Gasteiger partial charge in [0, 0.05) is 41.5 Å². The summed E-state index contributed by atoms with van der Waals surface area (Å²) in [6.07, 6.45) is 4.19. The number of aliphatic imine (C=N–C) groups is 1. The normalized spacial score (nSPS) is 43.1. The van der Waals surface area contributed by atoms with Crippen LogP contribution in [-0.4, -0.2) is 78.9 Å². The van der Waals surface area contributed by atoms with E-state index in [4.69, 9.17) is 9.47 Å². The monoisotopic (exact) mass is 588 g/mol. The number of Topliss-reactive ketones (excluding diaryl/α,β-unsaturated/α-hetero) is 1. The van der Waals surface area contributed by atoms with Gasteiger partial charge < -0.3 is 19.7 Å². The minimum atomic E-state index is -1.11. The van der Waals surface area contributed by atoms with Crippen LogP contribution in [-0.2, 0) is 26.6 Å². The summed E-state index contributed by atoms with van der Waals surface area (Å²) in [5.74, 6) is 1.21. The van der Waals surface area contributed by atoms with Gasteiger partial charge in [0.15, 0.2) is 12.1 Å². The summed E-state index contributed by atoms with van der Waals surface area (Å²) in [6.45, 7) is 10.8. The molecule has 218 valence electrons. The Balaban J connectivity index is 1.08. The molecule has 2 N–H and O–H groups in total. The molecule has 2 spiro atoms. The van der Waals surface area contributed by atoms with Gasteiger partial charge in [-0.15, -0.1) is 5.10 Å². The van der Waals surface area contributed by atoms with Gasteiger partial charge in [0.2, 0.25) is 0 Å². The molecular weight excluding hydrogens is 548 g/mol. The fourth-order valence-corrected chi connectivity index (χ4v) is 11.4. The maximum atomic E-state index is 13.9. The van der Waals surface area contributed by atoms with E-state index >= 15 is 0 Å². The maximum Gasteiger partial charge on any atom is 0.170 e. The molecule has 0 radical (unpaired) electrons. The van der Waals surface area contributed by atoms with Crippen molar-refractivity contribution in [1.82, 2.24) is 15.0 Å². The Morgan fingerprint density at radius 1 is 1.30 bits per heavy atom. The number of thioether (sulfide) groups is 2. The number of nitrogens with zero attached hydrogens (tertiary/aromatic N) is 4. The maximum absolute atomic E-state index is 13.9. The number of aliphatic hydroxyl groups is 2. The van der Waals surface area contributed by atoms with Crippen molar-refractivity contribution in [3.05, 3.63) is 24.0 Å². The van der Waals surface area contributed by atoms with Crippen LogP contribution in [0.5, 0.6) is 0 Å². The molecule has 4 saturated carbocycles. The third-order valence-corrected chi connectivity index (χ3v) is 13.3. The Morgan fingerprint density at radius 3 is 2.95 bits per heavy atom. The predicted molar refractivity (Wildman–Crippen MR) is 154 cm³/mol. The number of ketones is 1. The van der Waals surface area contributed by atoms with Gasteiger partial charge in [0.25, 0.3) is 0 Å². The molecule has 2 saturated heterocycles. The van der Waals surface area contributed by atoms with Crippen LogP contribution < -0.4 is 0 Å². The van der Waals surface area contributed by atoms with Gasteiger partial charge in [0.05, 0.1) is 42.6 Å². The standard InChI is InChI=1S/C29H40N4O5S2/c1-16-18-12-19(34)22-28-7-4-6-27(2,3)20(28)13-21(29(22,23(16)35)24(18)36)38-25(28)37-10-5-9-33-14-17(31-32-33)15-40-26-30-8-11-39-26/h14,18-22,24-25,34,36H,1,4-13,15H2,2-3H3/t18-,19-,20+,21+,22-,24+,25-,28-,29+/m0/s1. The number of aryl methyl sites for hydroxylation is 1. The first-order chi connectivity index (χ1) is 19.2. The minimum absolute atomic E-state index is 0.0292. The van der Waals surface area contributed by atoms with E-state index in [1.54, 1.807) is 23.5 Å². The molecule has 0 amide bonds. The molecule has 7 aliphatic rings. The summed E-state index contributed by atoms with van der Waals surface area (Å²) >= 11 is 3.51. The highest BCUT2D eigenvalue weighted by Crippen LogP contribution is 2.75. The highest BCUT2D eigenvalue weighted by atomic mass is 32.2. The second-order valence-corrected chi connectivity index (χ2v) is 15.6. The number of rotatable bonds is 7. The fraction of sp³-hybridized carbons (Fsp3) is 0.793. The van der Waals surface area contributed by atoms with E-state index in [0.717, 1.165) is 53.8 Å². The number of ether oxygens (including phenoxy) is 2. The smallest absolute Gasteiger partial charge is 0.170 e. The molecule has 6 fully saturated rings. The van der Waals surface area contributed by atoms with Crippen LogP contribution in [0.25, 0.3) is 0 Å². The summed E-state index contributed by atoms with van der Waals surface area (Å²) in [4.78, 5) is 18.3. The summed E-state index contributed by atoms with van der Waals surface area (Å²) in [6, 6.07) is 0. The van der Waals surface area contributed by atoms with Crippen molar-refractivity contribution in [2.75, 3.05) is 18.9 Å². The molecule has 8 rings (SSSR count). The van der Waals surface area contributed by atoms with Crippen LogP contribution in [0.2, 0.25) is 0 Å². The second kappa shape index (κ2) is 9.91. The van der Waals surface area contributed by atoms with Crippen molar-refractivity contribution in [3.63, 3.8) is 0 Å². The van der Waals surface area contributed by atoms with Crippen molar-refractivity contribution < 1.29 is 24.5 Å². The highest BCUT2D eigenvalue weighted by molar-refractivity contribution is 8.38. The van der Waals surface area contributed by atoms with E-state index in [2.05, 4.69) is 35.7 Å². The third-order valence-electron chi connectivity index (χ3n) is 11.0. The zero-order valence-corrected chi connectivity index (χ0v) is 25.0. The van der Waals surface area contributed by atoms with E-state index in [1.165, 1.54) is 0 Å². The Hall–Kier alpha value is -1.24. The number of hydrogen-bond donors (Lipinski definition) is 2. The quantitative estimate of drug-likeness (QED) is 0.365. The number of carbonyl (C=O) groups excluding carboxylic acids is 1. The van der Waals surface area contributed by atoms with E-state index in [-0.39, 0.29) is 23.0 Å². The van der Waals surface area contributed by atoms with Crippen LogP contribution >= 0.6 is 23.5 Å². The number of fused-ring (bicyclic) bond motifs is 2. The first-order valence-electron chi connectivity index (χ1n) is 14.8. The zero-order chi connectivity index (χ0) is 27.9. The molecule has 40 heavy (non-hydrogen) atoms. The number of hydrogen-bond acceptors (Lipinski definition) is 10. The van der Waals surface area contributed by atoms with Crippen molar-refractivity contribution in [3.8, 4) is 0 Å². The van der Waals surface area contributed by atoms with E-state index in [9.17, 15) is 15.0 Å². The molecule has 4 heterocycles. The molecule has 11 heteroatoms. The van der Waals surface area contributed by atoms with E-state index in [0.29, 0.717) is 31.6 Å². The molecule has 1 aromatic rings. The van der Waals surface area contributed by atoms with Gasteiger partial charge in [-0.25, -0.2) is 0 Å². The van der Waals surface area contributed by atoms with Crippen LogP contribution in [0.15, 0.2) is 23.3 Å². The van der Waals surface area contributed by atoms with Crippen molar-refractivity contribution in [1.29, 1.82) is 0 Å².